The number of nitrogens with zero attached hydrogens (tertiary/aromatic N) is 5. The Bertz CT molecular complexity index is 641. The van der Waals surface area contributed by atoms with Crippen LogP contribution >= 0.6 is 0 Å². The normalized spacial score (nSPS) is 12.8. The molecule has 7 heteroatoms. The fourth-order valence-electron chi connectivity index (χ4n) is 2.42. The average Bonchev–Trinajstić information content (AvgIpc) is 2.93. The molecule has 0 saturated carbocycles. The second-order valence-electron chi connectivity index (χ2n) is 4.96. The van der Waals surface area contributed by atoms with Crippen molar-refractivity contribution in [1.29, 1.82) is 0 Å². The van der Waals surface area contributed by atoms with E-state index in [0.717, 1.165) is 23.3 Å². The van der Waals surface area contributed by atoms with Gasteiger partial charge in [-0.25, -0.2) is 4.98 Å². The quantitative estimate of drug-likeness (QED) is 0.903. The van der Waals surface area contributed by atoms with Crippen LogP contribution in [0.4, 0.5) is 5.95 Å². The zero-order valence-electron chi connectivity index (χ0n) is 12.7. The first-order valence-corrected chi connectivity index (χ1v) is 6.86. The summed E-state index contributed by atoms with van der Waals surface area (Å²) in [6.45, 7) is 6.46. The van der Waals surface area contributed by atoms with Gasteiger partial charge in [0.2, 0.25) is 11.9 Å². The van der Waals surface area contributed by atoms with Crippen LogP contribution in [0.5, 0.6) is 0 Å². The van der Waals surface area contributed by atoms with Gasteiger partial charge in [0.15, 0.2) is 5.65 Å². The lowest BCUT2D eigenvalue weighted by molar-refractivity contribution is -0.132. The number of aromatic nitrogens is 4. The third-order valence-electron chi connectivity index (χ3n) is 3.69. The number of rotatable bonds is 4. The summed E-state index contributed by atoms with van der Waals surface area (Å²) in [5.74, 6) is 0.366. The second kappa shape index (κ2) is 5.15. The van der Waals surface area contributed by atoms with Crippen molar-refractivity contribution in [1.82, 2.24) is 24.2 Å². The van der Waals surface area contributed by atoms with Crippen molar-refractivity contribution in [2.24, 2.45) is 7.05 Å². The number of amides is 1. The van der Waals surface area contributed by atoms with Crippen LogP contribution in [0.25, 0.3) is 11.2 Å². The summed E-state index contributed by atoms with van der Waals surface area (Å²) >= 11 is 0. The number of hydrogen-bond acceptors (Lipinski definition) is 4. The van der Waals surface area contributed by atoms with Gasteiger partial charge in [-0.05, 0) is 20.3 Å². The Hall–Kier alpha value is -2.05. The van der Waals surface area contributed by atoms with Crippen molar-refractivity contribution in [3.05, 3.63) is 5.69 Å². The number of likely N-dealkylation sites (N-methyl/N-ethyl adjacent to an activating group) is 1. The van der Waals surface area contributed by atoms with E-state index in [1.807, 2.05) is 27.8 Å². The van der Waals surface area contributed by atoms with E-state index in [2.05, 4.69) is 10.1 Å². The van der Waals surface area contributed by atoms with Gasteiger partial charge in [0.1, 0.15) is 11.6 Å². The van der Waals surface area contributed by atoms with Gasteiger partial charge in [0, 0.05) is 20.6 Å². The standard InChI is InChI=1S/C13H22N6O/c1-6-9-10-11(18(5)16-9)19(13(14)15-10)8(3)12(20)17(4)7-2/h8H,6-7H2,1-5H3,(H2,14,15). The summed E-state index contributed by atoms with van der Waals surface area (Å²) in [6, 6.07) is -0.398. The van der Waals surface area contributed by atoms with Crippen molar-refractivity contribution in [3.63, 3.8) is 0 Å². The van der Waals surface area contributed by atoms with Crippen molar-refractivity contribution < 1.29 is 4.79 Å². The van der Waals surface area contributed by atoms with Gasteiger partial charge in [0.05, 0.1) is 5.69 Å². The third kappa shape index (κ3) is 2.03. The number of fused-ring (bicyclic) bond motifs is 1. The summed E-state index contributed by atoms with van der Waals surface area (Å²) < 4.78 is 3.50. The molecular formula is C13H22N6O. The number of carbonyl (C=O) groups excluding carboxylic acids is 1. The summed E-state index contributed by atoms with van der Waals surface area (Å²) in [4.78, 5) is 18.4. The van der Waals surface area contributed by atoms with Gasteiger partial charge in [-0.15, -0.1) is 0 Å². The number of nitrogens with two attached hydrogens (primary N) is 1. The number of imidazole rings is 1. The maximum atomic E-state index is 12.3. The van der Waals surface area contributed by atoms with Gasteiger partial charge in [0.25, 0.3) is 0 Å². The van der Waals surface area contributed by atoms with Crippen molar-refractivity contribution >= 4 is 23.0 Å². The van der Waals surface area contributed by atoms with E-state index in [1.54, 1.807) is 21.2 Å². The van der Waals surface area contributed by atoms with Crippen LogP contribution in [0.15, 0.2) is 0 Å². The smallest absolute Gasteiger partial charge is 0.245 e. The molecular weight excluding hydrogens is 256 g/mol. The van der Waals surface area contributed by atoms with Crippen LogP contribution in [0, 0.1) is 0 Å². The Morgan fingerprint density at radius 1 is 1.45 bits per heavy atom. The van der Waals surface area contributed by atoms with Crippen LogP contribution in [0.1, 0.15) is 32.5 Å². The Morgan fingerprint density at radius 2 is 2.10 bits per heavy atom. The highest BCUT2D eigenvalue weighted by atomic mass is 16.2. The zero-order chi connectivity index (χ0) is 15.0. The minimum atomic E-state index is -0.398. The topological polar surface area (TPSA) is 82.0 Å². The second-order valence-corrected chi connectivity index (χ2v) is 4.96. The number of anilines is 1. The van der Waals surface area contributed by atoms with Crippen LogP contribution in [-0.4, -0.2) is 43.7 Å². The molecule has 0 spiro atoms. The molecule has 20 heavy (non-hydrogen) atoms. The van der Waals surface area contributed by atoms with Crippen LogP contribution < -0.4 is 5.73 Å². The predicted molar refractivity (Wildman–Crippen MR) is 78.3 cm³/mol. The lowest BCUT2D eigenvalue weighted by Crippen LogP contribution is -2.33. The van der Waals surface area contributed by atoms with Crippen molar-refractivity contribution in [2.75, 3.05) is 19.3 Å². The van der Waals surface area contributed by atoms with E-state index in [1.165, 1.54) is 0 Å². The van der Waals surface area contributed by atoms with E-state index in [-0.39, 0.29) is 5.91 Å². The molecule has 1 amide bonds. The van der Waals surface area contributed by atoms with E-state index >= 15 is 0 Å². The molecule has 2 rings (SSSR count). The largest absolute Gasteiger partial charge is 0.369 e. The van der Waals surface area contributed by atoms with Gasteiger partial charge < -0.3 is 10.6 Å². The van der Waals surface area contributed by atoms with Gasteiger partial charge in [-0.2, -0.15) is 5.10 Å². The fraction of sp³-hybridized carbons (Fsp3) is 0.615. The molecule has 0 saturated heterocycles. The molecule has 1 atom stereocenters. The molecule has 0 aromatic carbocycles. The van der Waals surface area contributed by atoms with Crippen LogP contribution in [-0.2, 0) is 18.3 Å². The molecule has 2 aromatic heterocycles. The highest BCUT2D eigenvalue weighted by Gasteiger charge is 2.25. The first-order chi connectivity index (χ1) is 9.42. The highest BCUT2D eigenvalue weighted by molar-refractivity contribution is 5.85. The number of nitrogen functional groups attached to an aromatic ring is 1. The molecule has 2 N–H and O–H groups in total. The molecule has 110 valence electrons. The Labute approximate surface area is 118 Å². The van der Waals surface area contributed by atoms with Crippen LogP contribution in [0.2, 0.25) is 0 Å². The van der Waals surface area contributed by atoms with E-state index in [0.29, 0.717) is 12.5 Å². The maximum Gasteiger partial charge on any atom is 0.245 e. The SMILES string of the molecule is CCc1nn(C)c2c1nc(N)n2C(C)C(=O)N(C)CC. The summed E-state index contributed by atoms with van der Waals surface area (Å²) in [5.41, 5.74) is 8.49. The molecule has 7 nitrogen and oxygen atoms in total. The molecule has 0 aliphatic rings. The molecule has 2 aromatic rings. The average molecular weight is 278 g/mol. The van der Waals surface area contributed by atoms with Gasteiger partial charge in [-0.1, -0.05) is 6.92 Å². The lowest BCUT2D eigenvalue weighted by Gasteiger charge is -2.21. The summed E-state index contributed by atoms with van der Waals surface area (Å²) in [7, 11) is 3.63. The van der Waals surface area contributed by atoms with Crippen molar-refractivity contribution in [2.45, 2.75) is 33.2 Å². The van der Waals surface area contributed by atoms with E-state index < -0.39 is 6.04 Å². The Balaban J connectivity index is 2.57. The van der Waals surface area contributed by atoms with E-state index in [4.69, 9.17) is 5.73 Å². The van der Waals surface area contributed by atoms with E-state index in [9.17, 15) is 4.79 Å². The number of carbonyl (C=O) groups is 1. The number of aryl methyl sites for hydroxylation is 2. The van der Waals surface area contributed by atoms with Crippen LogP contribution in [0.3, 0.4) is 0 Å². The first kappa shape index (κ1) is 14.4. The van der Waals surface area contributed by atoms with Gasteiger partial charge in [-0.3, -0.25) is 14.0 Å². The third-order valence-corrected chi connectivity index (χ3v) is 3.69. The Kier molecular flexibility index (Phi) is 3.69. The minimum absolute atomic E-state index is 0.0118. The molecule has 1 unspecified atom stereocenters. The summed E-state index contributed by atoms with van der Waals surface area (Å²) in [6.07, 6.45) is 0.783. The highest BCUT2D eigenvalue weighted by Crippen LogP contribution is 2.25. The zero-order valence-corrected chi connectivity index (χ0v) is 12.7. The molecule has 0 radical (unpaired) electrons. The monoisotopic (exact) mass is 278 g/mol. The van der Waals surface area contributed by atoms with Crippen molar-refractivity contribution in [3.8, 4) is 0 Å². The lowest BCUT2D eigenvalue weighted by atomic mass is 10.2. The molecule has 0 aliphatic heterocycles. The molecule has 0 aliphatic carbocycles. The molecule has 0 bridgehead atoms. The summed E-state index contributed by atoms with van der Waals surface area (Å²) in [5, 5.41) is 4.43. The van der Waals surface area contributed by atoms with Gasteiger partial charge >= 0.3 is 0 Å². The molecule has 2 heterocycles. The number of hydrogen-bond donors (Lipinski definition) is 1. The maximum absolute atomic E-state index is 12.3. The minimum Gasteiger partial charge on any atom is -0.369 e. The Morgan fingerprint density at radius 3 is 2.65 bits per heavy atom. The molecule has 0 fully saturated rings. The fourth-order valence-corrected chi connectivity index (χ4v) is 2.42. The first-order valence-electron chi connectivity index (χ1n) is 6.86. The predicted octanol–water partition coefficient (Wildman–Crippen LogP) is 0.954.